The molecule has 1 heterocycles. The molecule has 0 aliphatic carbocycles. The highest BCUT2D eigenvalue weighted by atomic mass is 16.5. The molecule has 1 N–H and O–H groups in total. The lowest BCUT2D eigenvalue weighted by Gasteiger charge is -2.11. The van der Waals surface area contributed by atoms with Gasteiger partial charge in [0, 0.05) is 22.6 Å². The topological polar surface area (TPSA) is 81.9 Å². The van der Waals surface area contributed by atoms with Crippen molar-refractivity contribution in [2.24, 2.45) is 5.10 Å². The number of hydrogen-bond acceptors (Lipinski definition) is 5. The van der Waals surface area contributed by atoms with Crippen molar-refractivity contribution in [3.8, 4) is 11.4 Å². The first kappa shape index (κ1) is 22.8. The Hall–Kier alpha value is -3.87. The second kappa shape index (κ2) is 9.96. The molecule has 0 aliphatic rings. The van der Waals surface area contributed by atoms with Gasteiger partial charge < -0.3 is 14.0 Å². The van der Waals surface area contributed by atoms with Crippen molar-refractivity contribution in [1.82, 2.24) is 9.99 Å². The summed E-state index contributed by atoms with van der Waals surface area (Å²) >= 11 is 0. The van der Waals surface area contributed by atoms with Gasteiger partial charge in [-0.25, -0.2) is 10.2 Å². The van der Waals surface area contributed by atoms with E-state index in [0.717, 1.165) is 28.2 Å². The molecule has 0 saturated heterocycles. The summed E-state index contributed by atoms with van der Waals surface area (Å²) in [5.74, 6) is -0.209. The van der Waals surface area contributed by atoms with E-state index in [1.165, 1.54) is 7.11 Å². The molecule has 0 fully saturated rings. The van der Waals surface area contributed by atoms with Gasteiger partial charge in [-0.1, -0.05) is 12.1 Å². The number of aromatic nitrogens is 1. The van der Waals surface area contributed by atoms with Crippen molar-refractivity contribution in [3.05, 3.63) is 82.2 Å². The van der Waals surface area contributed by atoms with E-state index in [1.54, 1.807) is 37.4 Å². The van der Waals surface area contributed by atoms with Gasteiger partial charge in [0.2, 0.25) is 0 Å². The molecule has 0 spiro atoms. The van der Waals surface area contributed by atoms with Crippen molar-refractivity contribution < 1.29 is 19.1 Å². The highest BCUT2D eigenvalue weighted by Crippen LogP contribution is 2.22. The number of nitrogens with zero attached hydrogens (tertiary/aromatic N) is 2. The average Bonchev–Trinajstić information content (AvgIpc) is 3.06. The lowest BCUT2D eigenvalue weighted by atomic mass is 10.1. The van der Waals surface area contributed by atoms with Crippen molar-refractivity contribution in [2.75, 3.05) is 13.7 Å². The number of amides is 1. The van der Waals surface area contributed by atoms with Crippen LogP contribution in [0, 0.1) is 20.8 Å². The Bertz CT molecular complexity index is 1180. The van der Waals surface area contributed by atoms with Gasteiger partial charge in [-0.05, 0) is 69.7 Å². The summed E-state index contributed by atoms with van der Waals surface area (Å²) in [4.78, 5) is 24.6. The molecule has 0 unspecified atom stereocenters. The molecule has 3 aromatic rings. The highest BCUT2D eigenvalue weighted by molar-refractivity contribution is 5.97. The second-order valence-corrected chi connectivity index (χ2v) is 7.34. The number of hydrazone groups is 1. The Morgan fingerprint density at radius 3 is 2.59 bits per heavy atom. The minimum atomic E-state index is -0.354. The fraction of sp³-hybridized carbons (Fsp3) is 0.240. The molecule has 0 radical (unpaired) electrons. The van der Waals surface area contributed by atoms with E-state index in [-0.39, 0.29) is 11.9 Å². The summed E-state index contributed by atoms with van der Waals surface area (Å²) in [6.45, 7) is 7.96. The van der Waals surface area contributed by atoms with Gasteiger partial charge in [0.15, 0.2) is 0 Å². The first-order valence-corrected chi connectivity index (χ1v) is 10.3. The molecule has 1 aromatic heterocycles. The van der Waals surface area contributed by atoms with Gasteiger partial charge in [-0.2, -0.15) is 5.10 Å². The van der Waals surface area contributed by atoms with Crippen molar-refractivity contribution in [1.29, 1.82) is 0 Å². The summed E-state index contributed by atoms with van der Waals surface area (Å²) in [5.41, 5.74) is 8.05. The number of aryl methyl sites for hydroxylation is 2. The summed E-state index contributed by atoms with van der Waals surface area (Å²) in [6.07, 6.45) is 1.60. The molecule has 32 heavy (non-hydrogen) atoms. The van der Waals surface area contributed by atoms with Gasteiger partial charge in [0.25, 0.3) is 5.91 Å². The molecular formula is C25H27N3O4. The first-order valence-electron chi connectivity index (χ1n) is 10.3. The van der Waals surface area contributed by atoms with Crippen LogP contribution in [0.25, 0.3) is 5.69 Å². The van der Waals surface area contributed by atoms with Crippen LogP contribution in [0.1, 0.15) is 50.2 Å². The summed E-state index contributed by atoms with van der Waals surface area (Å²) in [7, 11) is 1.53. The minimum Gasteiger partial charge on any atom is -0.496 e. The Labute approximate surface area is 187 Å². The SMILES string of the molecule is CCOC(=O)c1cccc(-n2c(C)cc(/C=N\NC(=O)c3ccc(C)cc3OC)c2C)c1. The van der Waals surface area contributed by atoms with Crippen LogP contribution < -0.4 is 10.2 Å². The van der Waals surface area contributed by atoms with Crippen LogP contribution in [-0.4, -0.2) is 36.4 Å². The van der Waals surface area contributed by atoms with Gasteiger partial charge in [-0.15, -0.1) is 0 Å². The maximum absolute atomic E-state index is 12.5. The average molecular weight is 434 g/mol. The van der Waals surface area contributed by atoms with E-state index in [4.69, 9.17) is 9.47 Å². The lowest BCUT2D eigenvalue weighted by Crippen LogP contribution is -2.18. The predicted octanol–water partition coefficient (Wildman–Crippen LogP) is 4.35. The third kappa shape index (κ3) is 4.88. The van der Waals surface area contributed by atoms with Crippen molar-refractivity contribution in [3.63, 3.8) is 0 Å². The van der Waals surface area contributed by atoms with Gasteiger partial charge in [-0.3, -0.25) is 4.79 Å². The normalized spacial score (nSPS) is 10.9. The van der Waals surface area contributed by atoms with Gasteiger partial charge in [0.05, 0.1) is 31.1 Å². The number of esters is 1. The fourth-order valence-electron chi connectivity index (χ4n) is 3.51. The lowest BCUT2D eigenvalue weighted by molar-refractivity contribution is 0.0526. The first-order chi connectivity index (χ1) is 15.3. The molecule has 0 saturated carbocycles. The highest BCUT2D eigenvalue weighted by Gasteiger charge is 2.14. The third-order valence-electron chi connectivity index (χ3n) is 5.06. The van der Waals surface area contributed by atoms with Crippen LogP contribution in [0.2, 0.25) is 0 Å². The Kier molecular flexibility index (Phi) is 7.10. The molecule has 7 nitrogen and oxygen atoms in total. The molecule has 0 bridgehead atoms. The quantitative estimate of drug-likeness (QED) is 0.341. The number of carbonyl (C=O) groups is 2. The molecule has 3 rings (SSSR count). The van der Waals surface area contributed by atoms with Crippen molar-refractivity contribution >= 4 is 18.1 Å². The maximum atomic E-state index is 12.5. The number of nitrogens with one attached hydrogen (secondary N) is 1. The summed E-state index contributed by atoms with van der Waals surface area (Å²) in [6, 6.07) is 14.6. The van der Waals surface area contributed by atoms with E-state index in [1.807, 2.05) is 49.6 Å². The molecule has 0 aliphatic heterocycles. The summed E-state index contributed by atoms with van der Waals surface area (Å²) in [5, 5.41) is 4.13. The monoisotopic (exact) mass is 433 g/mol. The molecular weight excluding hydrogens is 406 g/mol. The second-order valence-electron chi connectivity index (χ2n) is 7.34. The third-order valence-corrected chi connectivity index (χ3v) is 5.06. The molecule has 7 heteroatoms. The molecule has 2 aromatic carbocycles. The van der Waals surface area contributed by atoms with Crippen LogP contribution in [-0.2, 0) is 4.74 Å². The van der Waals surface area contributed by atoms with Crippen LogP contribution in [0.3, 0.4) is 0 Å². The van der Waals surface area contributed by atoms with E-state index in [2.05, 4.69) is 10.5 Å². The fourth-order valence-corrected chi connectivity index (χ4v) is 3.51. The van der Waals surface area contributed by atoms with E-state index in [9.17, 15) is 9.59 Å². The van der Waals surface area contributed by atoms with Gasteiger partial charge >= 0.3 is 5.97 Å². The minimum absolute atomic E-state index is 0.325. The smallest absolute Gasteiger partial charge is 0.338 e. The van der Waals surface area contributed by atoms with Crippen LogP contribution in [0.5, 0.6) is 5.75 Å². The summed E-state index contributed by atoms with van der Waals surface area (Å²) < 4.78 is 12.4. The number of rotatable bonds is 7. The zero-order chi connectivity index (χ0) is 23.3. The number of carbonyl (C=O) groups excluding carboxylic acids is 2. The Morgan fingerprint density at radius 2 is 1.88 bits per heavy atom. The van der Waals surface area contributed by atoms with Crippen LogP contribution >= 0.6 is 0 Å². The Morgan fingerprint density at radius 1 is 1.09 bits per heavy atom. The van der Waals surface area contributed by atoms with E-state index in [0.29, 0.717) is 23.5 Å². The Balaban J connectivity index is 1.81. The molecule has 1 amide bonds. The van der Waals surface area contributed by atoms with Crippen LogP contribution in [0.15, 0.2) is 53.6 Å². The molecule has 0 atom stereocenters. The number of methoxy groups -OCH3 is 1. The zero-order valence-electron chi connectivity index (χ0n) is 18.9. The number of benzene rings is 2. The predicted molar refractivity (Wildman–Crippen MR) is 124 cm³/mol. The largest absolute Gasteiger partial charge is 0.496 e. The maximum Gasteiger partial charge on any atom is 0.338 e. The van der Waals surface area contributed by atoms with E-state index < -0.39 is 0 Å². The number of ether oxygens (including phenoxy) is 2. The number of hydrogen-bond donors (Lipinski definition) is 1. The molecule has 166 valence electrons. The standard InChI is InChI=1S/C25H27N3O4/c1-6-32-25(30)19-8-7-9-21(14-19)28-17(3)13-20(18(28)4)15-26-27-24(29)22-11-10-16(2)12-23(22)31-5/h7-15H,6H2,1-5H3,(H,27,29)/b26-15-. The van der Waals surface area contributed by atoms with E-state index >= 15 is 0 Å². The zero-order valence-corrected chi connectivity index (χ0v) is 18.9. The van der Waals surface area contributed by atoms with Crippen LogP contribution in [0.4, 0.5) is 0 Å². The van der Waals surface area contributed by atoms with Gasteiger partial charge in [0.1, 0.15) is 5.75 Å². The van der Waals surface area contributed by atoms with Crippen molar-refractivity contribution in [2.45, 2.75) is 27.7 Å².